The van der Waals surface area contributed by atoms with Crippen molar-refractivity contribution in [2.45, 2.75) is 57.9 Å². The molecule has 2 saturated heterocycles. The van der Waals surface area contributed by atoms with Gasteiger partial charge in [-0.05, 0) is 45.2 Å². The second-order valence-corrected chi connectivity index (χ2v) is 8.61. The van der Waals surface area contributed by atoms with Crippen LogP contribution in [0, 0.1) is 0 Å². The van der Waals surface area contributed by atoms with Crippen LogP contribution in [0.25, 0.3) is 5.65 Å². The number of pyridine rings is 1. The van der Waals surface area contributed by atoms with Crippen molar-refractivity contribution >= 4 is 29.1 Å². The van der Waals surface area contributed by atoms with Crippen LogP contribution >= 0.6 is 11.6 Å². The molecule has 4 heterocycles. The Bertz CT molecular complexity index is 936. The fourth-order valence-electron chi connectivity index (χ4n) is 4.26. The van der Waals surface area contributed by atoms with E-state index in [-0.39, 0.29) is 30.1 Å². The van der Waals surface area contributed by atoms with Crippen LogP contribution in [0.5, 0.6) is 0 Å². The Morgan fingerprint density at radius 3 is 2.83 bits per heavy atom. The molecule has 0 aliphatic carbocycles. The predicted molar refractivity (Wildman–Crippen MR) is 114 cm³/mol. The molecule has 9 heteroatoms. The number of imidazole rings is 1. The molecular weight excluding hydrogens is 406 g/mol. The van der Waals surface area contributed by atoms with Crippen molar-refractivity contribution in [3.8, 4) is 0 Å². The van der Waals surface area contributed by atoms with Gasteiger partial charge in [0, 0.05) is 32.4 Å². The summed E-state index contributed by atoms with van der Waals surface area (Å²) in [6.45, 7) is 6.03. The van der Waals surface area contributed by atoms with Gasteiger partial charge in [-0.15, -0.1) is 0 Å². The average molecular weight is 434 g/mol. The standard InChI is InChI=1S/C21H28ClN5O3/c1-13-10-26(11-14(2)30-13)21(29)19-17(27-12-15(22)6-7-18(27)25-19)9-24-16-5-3-4-8-23-20(16)28/h6-7,12-14,16,24H,3-5,8-11H2,1-2H3,(H,23,28)/t13-,14+,16-/m0/s1. The molecule has 2 fully saturated rings. The molecule has 2 aliphatic heterocycles. The van der Waals surface area contributed by atoms with Crippen molar-refractivity contribution in [1.29, 1.82) is 0 Å². The number of nitrogens with zero attached hydrogens (tertiary/aromatic N) is 3. The van der Waals surface area contributed by atoms with Gasteiger partial charge in [0.1, 0.15) is 5.65 Å². The Morgan fingerprint density at radius 2 is 2.07 bits per heavy atom. The summed E-state index contributed by atoms with van der Waals surface area (Å²) in [7, 11) is 0. The highest BCUT2D eigenvalue weighted by Gasteiger charge is 2.31. The van der Waals surface area contributed by atoms with Crippen LogP contribution in [0.2, 0.25) is 5.02 Å². The fraction of sp³-hybridized carbons (Fsp3) is 0.571. The first-order valence-corrected chi connectivity index (χ1v) is 10.9. The van der Waals surface area contributed by atoms with Gasteiger partial charge in [0.05, 0.1) is 29.0 Å². The van der Waals surface area contributed by atoms with Crippen molar-refractivity contribution in [3.05, 3.63) is 34.7 Å². The van der Waals surface area contributed by atoms with Crippen LogP contribution in [0.4, 0.5) is 0 Å². The predicted octanol–water partition coefficient (Wildman–Crippen LogP) is 2.00. The van der Waals surface area contributed by atoms with Gasteiger partial charge in [-0.25, -0.2) is 4.98 Å². The zero-order valence-corrected chi connectivity index (χ0v) is 18.1. The number of hydrogen-bond donors (Lipinski definition) is 2. The molecular formula is C21H28ClN5O3. The number of rotatable bonds is 4. The molecule has 2 N–H and O–H groups in total. The molecule has 4 rings (SSSR count). The number of morpholine rings is 1. The van der Waals surface area contributed by atoms with Crippen LogP contribution in [0.1, 0.15) is 49.3 Å². The van der Waals surface area contributed by atoms with E-state index in [4.69, 9.17) is 16.3 Å². The van der Waals surface area contributed by atoms with Gasteiger partial charge in [0.2, 0.25) is 5.91 Å². The number of carbonyl (C=O) groups excluding carboxylic acids is 2. The summed E-state index contributed by atoms with van der Waals surface area (Å²) >= 11 is 6.21. The second-order valence-electron chi connectivity index (χ2n) is 8.17. The Kier molecular flexibility index (Phi) is 6.26. The van der Waals surface area contributed by atoms with Gasteiger partial charge in [-0.2, -0.15) is 0 Å². The number of fused-ring (bicyclic) bond motifs is 1. The molecule has 2 amide bonds. The maximum Gasteiger partial charge on any atom is 0.274 e. The Morgan fingerprint density at radius 1 is 1.30 bits per heavy atom. The Labute approximate surface area is 180 Å². The third kappa shape index (κ3) is 4.45. The zero-order valence-electron chi connectivity index (χ0n) is 17.4. The van der Waals surface area contributed by atoms with Crippen LogP contribution in [0.15, 0.2) is 18.3 Å². The molecule has 2 aromatic rings. The third-order valence-electron chi connectivity index (χ3n) is 5.64. The van der Waals surface area contributed by atoms with Crippen molar-refractivity contribution in [2.24, 2.45) is 0 Å². The van der Waals surface area contributed by atoms with E-state index in [1.54, 1.807) is 23.2 Å². The largest absolute Gasteiger partial charge is 0.372 e. The molecule has 0 aromatic carbocycles. The van der Waals surface area contributed by atoms with Crippen LogP contribution < -0.4 is 10.6 Å². The SMILES string of the molecule is C[C@@H]1CN(C(=O)c2nc3ccc(Cl)cn3c2CN[C@H]2CCCCNC2=O)C[C@H](C)O1. The molecule has 0 spiro atoms. The first kappa shape index (κ1) is 21.1. The smallest absolute Gasteiger partial charge is 0.274 e. The number of hydrogen-bond acceptors (Lipinski definition) is 5. The van der Waals surface area contributed by atoms with Gasteiger partial charge in [-0.1, -0.05) is 11.6 Å². The molecule has 0 saturated carbocycles. The summed E-state index contributed by atoms with van der Waals surface area (Å²) in [5.41, 5.74) is 1.75. The van der Waals surface area contributed by atoms with E-state index in [1.165, 1.54) is 0 Å². The minimum atomic E-state index is -0.288. The van der Waals surface area contributed by atoms with Crippen molar-refractivity contribution in [1.82, 2.24) is 24.9 Å². The third-order valence-corrected chi connectivity index (χ3v) is 5.87. The number of amides is 2. The molecule has 3 atom stereocenters. The van der Waals surface area contributed by atoms with Gasteiger partial charge < -0.3 is 24.7 Å². The highest BCUT2D eigenvalue weighted by Crippen LogP contribution is 2.21. The van der Waals surface area contributed by atoms with E-state index in [0.29, 0.717) is 48.2 Å². The maximum absolute atomic E-state index is 13.4. The molecule has 30 heavy (non-hydrogen) atoms. The van der Waals surface area contributed by atoms with Crippen molar-refractivity contribution < 1.29 is 14.3 Å². The summed E-state index contributed by atoms with van der Waals surface area (Å²) in [6, 6.07) is 3.27. The quantitative estimate of drug-likeness (QED) is 0.769. The van der Waals surface area contributed by atoms with Gasteiger partial charge in [0.15, 0.2) is 5.69 Å². The lowest BCUT2D eigenvalue weighted by Gasteiger charge is -2.35. The summed E-state index contributed by atoms with van der Waals surface area (Å²) in [4.78, 5) is 32.1. The monoisotopic (exact) mass is 433 g/mol. The summed E-state index contributed by atoms with van der Waals surface area (Å²) < 4.78 is 7.60. The van der Waals surface area contributed by atoms with Crippen molar-refractivity contribution in [3.63, 3.8) is 0 Å². The summed E-state index contributed by atoms with van der Waals surface area (Å²) in [6.07, 6.45) is 4.43. The van der Waals surface area contributed by atoms with E-state index in [2.05, 4.69) is 15.6 Å². The Hall–Kier alpha value is -2.16. The van der Waals surface area contributed by atoms with E-state index in [0.717, 1.165) is 19.3 Å². The van der Waals surface area contributed by atoms with Crippen LogP contribution in [0.3, 0.4) is 0 Å². The van der Waals surface area contributed by atoms with Crippen LogP contribution in [-0.2, 0) is 16.1 Å². The average Bonchev–Trinajstić information content (AvgIpc) is 2.92. The van der Waals surface area contributed by atoms with E-state index in [9.17, 15) is 9.59 Å². The number of halogens is 1. The highest BCUT2D eigenvalue weighted by atomic mass is 35.5. The lowest BCUT2D eigenvalue weighted by atomic mass is 10.1. The van der Waals surface area contributed by atoms with Gasteiger partial charge >= 0.3 is 0 Å². The summed E-state index contributed by atoms with van der Waals surface area (Å²) in [5, 5.41) is 6.82. The number of carbonyl (C=O) groups is 2. The normalized spacial score (nSPS) is 25.2. The van der Waals surface area contributed by atoms with Gasteiger partial charge in [-0.3, -0.25) is 9.59 Å². The highest BCUT2D eigenvalue weighted by molar-refractivity contribution is 6.30. The zero-order chi connectivity index (χ0) is 21.3. The topological polar surface area (TPSA) is 88.0 Å². The molecule has 8 nitrogen and oxygen atoms in total. The van der Waals surface area contributed by atoms with Gasteiger partial charge in [0.25, 0.3) is 5.91 Å². The minimum absolute atomic E-state index is 0.00283. The Balaban J connectivity index is 1.64. The van der Waals surface area contributed by atoms with Crippen LogP contribution in [-0.4, -0.2) is 64.0 Å². The van der Waals surface area contributed by atoms with E-state index >= 15 is 0 Å². The molecule has 0 bridgehead atoms. The molecule has 2 aliphatic rings. The summed E-state index contributed by atoms with van der Waals surface area (Å²) in [5.74, 6) is -0.123. The number of nitrogens with one attached hydrogen (secondary N) is 2. The second kappa shape index (κ2) is 8.91. The lowest BCUT2D eigenvalue weighted by Crippen LogP contribution is -2.48. The lowest BCUT2D eigenvalue weighted by molar-refractivity contribution is -0.122. The van der Waals surface area contributed by atoms with Crippen molar-refractivity contribution in [2.75, 3.05) is 19.6 Å². The number of aromatic nitrogens is 2. The molecule has 0 radical (unpaired) electrons. The molecule has 162 valence electrons. The van der Waals surface area contributed by atoms with E-state index < -0.39 is 0 Å². The fourth-order valence-corrected chi connectivity index (χ4v) is 4.42. The maximum atomic E-state index is 13.4. The first-order valence-electron chi connectivity index (χ1n) is 10.5. The minimum Gasteiger partial charge on any atom is -0.372 e. The first-order chi connectivity index (χ1) is 14.4. The number of ether oxygens (including phenoxy) is 1. The molecule has 0 unspecified atom stereocenters. The molecule has 2 aromatic heterocycles. The van der Waals surface area contributed by atoms with E-state index in [1.807, 2.05) is 18.2 Å².